The molecule has 1 aromatic heterocycles. The molecule has 1 aliphatic heterocycles. The molecule has 2 atom stereocenters. The Kier molecular flexibility index (Phi) is 5.66. The predicted molar refractivity (Wildman–Crippen MR) is 112 cm³/mol. The standard InChI is InChI=1S/C24H23N3O2/c1-17-10-12-18(13-11-17)15-21(20-9-5-6-14-25-20)26-24(28)22-16-23(29-27-22)19-7-3-2-4-8-19/h2-14,21,23H,15-16H2,1H3,(H,26,28). The molecular formula is C24H23N3O2. The Labute approximate surface area is 170 Å². The van der Waals surface area contributed by atoms with Gasteiger partial charge in [0.1, 0.15) is 5.71 Å². The first-order valence-electron chi connectivity index (χ1n) is 9.74. The molecule has 1 aliphatic rings. The van der Waals surface area contributed by atoms with E-state index in [-0.39, 0.29) is 18.1 Å². The second kappa shape index (κ2) is 8.69. The van der Waals surface area contributed by atoms with Crippen molar-refractivity contribution in [1.82, 2.24) is 10.3 Å². The van der Waals surface area contributed by atoms with Crippen molar-refractivity contribution >= 4 is 11.6 Å². The van der Waals surface area contributed by atoms with E-state index in [9.17, 15) is 4.79 Å². The highest BCUT2D eigenvalue weighted by Gasteiger charge is 2.29. The Morgan fingerprint density at radius 2 is 1.83 bits per heavy atom. The molecule has 0 saturated carbocycles. The van der Waals surface area contributed by atoms with Gasteiger partial charge >= 0.3 is 0 Å². The molecule has 0 radical (unpaired) electrons. The topological polar surface area (TPSA) is 63.6 Å². The molecule has 0 spiro atoms. The van der Waals surface area contributed by atoms with Crippen molar-refractivity contribution in [1.29, 1.82) is 0 Å². The first-order valence-corrected chi connectivity index (χ1v) is 9.74. The van der Waals surface area contributed by atoms with Crippen molar-refractivity contribution in [3.63, 3.8) is 0 Å². The van der Waals surface area contributed by atoms with Gasteiger partial charge in [0.25, 0.3) is 5.91 Å². The Morgan fingerprint density at radius 3 is 2.55 bits per heavy atom. The number of carbonyl (C=O) groups excluding carboxylic acids is 1. The highest BCUT2D eigenvalue weighted by Crippen LogP contribution is 2.27. The number of amides is 1. The summed E-state index contributed by atoms with van der Waals surface area (Å²) in [6.07, 6.45) is 2.63. The Bertz CT molecular complexity index is 986. The van der Waals surface area contributed by atoms with Crippen LogP contribution < -0.4 is 5.32 Å². The van der Waals surface area contributed by atoms with Gasteiger partial charge in [-0.2, -0.15) is 0 Å². The number of carbonyl (C=O) groups is 1. The van der Waals surface area contributed by atoms with Crippen LogP contribution in [0, 0.1) is 6.92 Å². The molecule has 1 N–H and O–H groups in total. The molecule has 4 rings (SSSR count). The van der Waals surface area contributed by atoms with Crippen molar-refractivity contribution in [2.24, 2.45) is 5.16 Å². The predicted octanol–water partition coefficient (Wildman–Crippen LogP) is 4.31. The van der Waals surface area contributed by atoms with E-state index in [0.29, 0.717) is 18.6 Å². The largest absolute Gasteiger partial charge is 0.387 e. The molecule has 2 unspecified atom stereocenters. The smallest absolute Gasteiger partial charge is 0.269 e. The molecule has 2 heterocycles. The summed E-state index contributed by atoms with van der Waals surface area (Å²) in [5, 5.41) is 7.14. The monoisotopic (exact) mass is 385 g/mol. The van der Waals surface area contributed by atoms with Crippen LogP contribution in [0.1, 0.15) is 41.0 Å². The van der Waals surface area contributed by atoms with Gasteiger partial charge in [0.2, 0.25) is 0 Å². The van der Waals surface area contributed by atoms with Gasteiger partial charge in [-0.15, -0.1) is 0 Å². The van der Waals surface area contributed by atoms with E-state index in [1.807, 2.05) is 48.5 Å². The summed E-state index contributed by atoms with van der Waals surface area (Å²) in [6.45, 7) is 2.06. The third-order valence-corrected chi connectivity index (χ3v) is 5.01. The van der Waals surface area contributed by atoms with Crippen LogP contribution in [0.3, 0.4) is 0 Å². The van der Waals surface area contributed by atoms with E-state index in [1.165, 1.54) is 5.56 Å². The summed E-state index contributed by atoms with van der Waals surface area (Å²) in [5.41, 5.74) is 4.58. The Balaban J connectivity index is 1.47. The second-order valence-corrected chi connectivity index (χ2v) is 7.22. The van der Waals surface area contributed by atoms with E-state index < -0.39 is 0 Å². The SMILES string of the molecule is Cc1ccc(CC(NC(=O)C2=NOC(c3ccccc3)C2)c2ccccn2)cc1. The average Bonchev–Trinajstić information content (AvgIpc) is 3.26. The lowest BCUT2D eigenvalue weighted by Crippen LogP contribution is -2.35. The second-order valence-electron chi connectivity index (χ2n) is 7.22. The molecule has 5 nitrogen and oxygen atoms in total. The summed E-state index contributed by atoms with van der Waals surface area (Å²) >= 11 is 0. The average molecular weight is 385 g/mol. The minimum atomic E-state index is -0.245. The van der Waals surface area contributed by atoms with E-state index in [1.54, 1.807) is 6.20 Å². The van der Waals surface area contributed by atoms with Crippen LogP contribution >= 0.6 is 0 Å². The van der Waals surface area contributed by atoms with Crippen LogP contribution in [0.2, 0.25) is 0 Å². The first kappa shape index (κ1) is 18.9. The molecule has 146 valence electrons. The molecule has 3 aromatic rings. The number of nitrogens with zero attached hydrogens (tertiary/aromatic N) is 2. The van der Waals surface area contributed by atoms with E-state index in [0.717, 1.165) is 16.8 Å². The molecule has 0 aliphatic carbocycles. The summed E-state index contributed by atoms with van der Waals surface area (Å²) in [7, 11) is 0. The molecule has 2 aromatic carbocycles. The fourth-order valence-electron chi connectivity index (χ4n) is 3.37. The lowest BCUT2D eigenvalue weighted by Gasteiger charge is -2.18. The van der Waals surface area contributed by atoms with Crippen LogP contribution in [0.25, 0.3) is 0 Å². The van der Waals surface area contributed by atoms with Crippen LogP contribution in [-0.4, -0.2) is 16.6 Å². The van der Waals surface area contributed by atoms with Crippen LogP contribution in [-0.2, 0) is 16.1 Å². The van der Waals surface area contributed by atoms with Gasteiger partial charge in [-0.1, -0.05) is 71.4 Å². The Hall–Kier alpha value is -3.47. The third-order valence-electron chi connectivity index (χ3n) is 5.01. The molecule has 0 bridgehead atoms. The summed E-state index contributed by atoms with van der Waals surface area (Å²) in [6, 6.07) is 23.6. The minimum Gasteiger partial charge on any atom is -0.387 e. The van der Waals surface area contributed by atoms with Crippen molar-refractivity contribution < 1.29 is 9.63 Å². The molecule has 1 amide bonds. The highest BCUT2D eigenvalue weighted by molar-refractivity contribution is 6.39. The minimum absolute atomic E-state index is 0.216. The zero-order valence-electron chi connectivity index (χ0n) is 16.3. The number of aryl methyl sites for hydroxylation is 1. The van der Waals surface area contributed by atoms with E-state index in [4.69, 9.17) is 4.84 Å². The highest BCUT2D eigenvalue weighted by atomic mass is 16.6. The number of hydrogen-bond acceptors (Lipinski definition) is 4. The van der Waals surface area contributed by atoms with Crippen molar-refractivity contribution in [3.8, 4) is 0 Å². The van der Waals surface area contributed by atoms with E-state index >= 15 is 0 Å². The quantitative estimate of drug-likeness (QED) is 0.688. The van der Waals surface area contributed by atoms with Crippen molar-refractivity contribution in [2.75, 3.05) is 0 Å². The lowest BCUT2D eigenvalue weighted by atomic mass is 10.0. The maximum atomic E-state index is 12.9. The molecule has 29 heavy (non-hydrogen) atoms. The van der Waals surface area contributed by atoms with Crippen LogP contribution in [0.15, 0.2) is 84.1 Å². The summed E-state index contributed by atoms with van der Waals surface area (Å²) < 4.78 is 0. The zero-order valence-corrected chi connectivity index (χ0v) is 16.3. The van der Waals surface area contributed by atoms with Crippen LogP contribution in [0.5, 0.6) is 0 Å². The normalized spacial score (nSPS) is 16.6. The van der Waals surface area contributed by atoms with Gasteiger partial charge in [-0.25, -0.2) is 0 Å². The van der Waals surface area contributed by atoms with Crippen molar-refractivity contribution in [3.05, 3.63) is 101 Å². The third kappa shape index (κ3) is 4.69. The molecule has 0 saturated heterocycles. The number of pyridine rings is 1. The lowest BCUT2D eigenvalue weighted by molar-refractivity contribution is -0.115. The van der Waals surface area contributed by atoms with Gasteiger partial charge in [0, 0.05) is 12.6 Å². The van der Waals surface area contributed by atoms with Gasteiger partial charge in [0.05, 0.1) is 11.7 Å². The fraction of sp³-hybridized carbons (Fsp3) is 0.208. The maximum absolute atomic E-state index is 12.9. The van der Waals surface area contributed by atoms with Gasteiger partial charge in [-0.3, -0.25) is 9.78 Å². The van der Waals surface area contributed by atoms with Gasteiger partial charge in [-0.05, 0) is 36.6 Å². The first-order chi connectivity index (χ1) is 14.2. The number of aromatic nitrogens is 1. The summed E-state index contributed by atoms with van der Waals surface area (Å²) in [5.74, 6) is -0.216. The molecular weight excluding hydrogens is 362 g/mol. The number of benzene rings is 2. The fourth-order valence-corrected chi connectivity index (χ4v) is 3.37. The zero-order chi connectivity index (χ0) is 20.1. The molecule has 0 fully saturated rings. The summed E-state index contributed by atoms with van der Waals surface area (Å²) in [4.78, 5) is 22.9. The van der Waals surface area contributed by atoms with E-state index in [2.05, 4.69) is 46.6 Å². The number of oxime groups is 1. The van der Waals surface area contributed by atoms with Crippen molar-refractivity contribution in [2.45, 2.75) is 31.9 Å². The Morgan fingerprint density at radius 1 is 1.07 bits per heavy atom. The number of rotatable bonds is 6. The van der Waals surface area contributed by atoms with Gasteiger partial charge in [0.15, 0.2) is 6.10 Å². The van der Waals surface area contributed by atoms with Gasteiger partial charge < -0.3 is 10.2 Å². The van der Waals surface area contributed by atoms with Crippen LogP contribution in [0.4, 0.5) is 0 Å². The maximum Gasteiger partial charge on any atom is 0.269 e. The number of hydrogen-bond donors (Lipinski definition) is 1. The number of nitrogens with one attached hydrogen (secondary N) is 1. The molecule has 5 heteroatoms.